The third kappa shape index (κ3) is 4.02. The van der Waals surface area contributed by atoms with E-state index in [1.807, 2.05) is 0 Å². The highest BCUT2D eigenvalue weighted by molar-refractivity contribution is 6.36. The quantitative estimate of drug-likeness (QED) is 0.469. The fourth-order valence-electron chi connectivity index (χ4n) is 3.57. The number of alkyl halides is 3. The molecule has 1 aromatic heterocycles. The fraction of sp³-hybridized carbons (Fsp3) is 0.333. The normalized spacial score (nSPS) is 11.8. The SMILES string of the molecule is COc1cccc(-c2[nH]c3c(C(F)(F)F)ccc(Cl)c3c2CCCCN)c1OC. The molecule has 3 aromatic rings. The molecule has 3 rings (SSSR count). The highest BCUT2D eigenvalue weighted by atomic mass is 35.5. The van der Waals surface area contributed by atoms with E-state index in [-0.39, 0.29) is 10.5 Å². The van der Waals surface area contributed by atoms with Crippen LogP contribution in [0.4, 0.5) is 13.2 Å². The largest absolute Gasteiger partial charge is 0.493 e. The summed E-state index contributed by atoms with van der Waals surface area (Å²) in [6, 6.07) is 7.56. The van der Waals surface area contributed by atoms with Gasteiger partial charge in [0, 0.05) is 10.9 Å². The van der Waals surface area contributed by atoms with E-state index in [1.165, 1.54) is 20.3 Å². The van der Waals surface area contributed by atoms with Crippen LogP contribution in [-0.4, -0.2) is 25.7 Å². The number of nitrogens with one attached hydrogen (secondary N) is 1. The summed E-state index contributed by atoms with van der Waals surface area (Å²) in [6.07, 6.45) is -2.53. The van der Waals surface area contributed by atoms with Gasteiger partial charge in [0.2, 0.25) is 0 Å². The Bertz CT molecular complexity index is 1020. The van der Waals surface area contributed by atoms with Crippen molar-refractivity contribution in [2.75, 3.05) is 20.8 Å². The number of hydrogen-bond donors (Lipinski definition) is 2. The molecule has 4 nitrogen and oxygen atoms in total. The molecule has 29 heavy (non-hydrogen) atoms. The highest BCUT2D eigenvalue weighted by Crippen LogP contribution is 2.45. The lowest BCUT2D eigenvalue weighted by atomic mass is 9.98. The molecule has 0 bridgehead atoms. The summed E-state index contributed by atoms with van der Waals surface area (Å²) < 4.78 is 51.8. The molecule has 0 radical (unpaired) electrons. The molecule has 156 valence electrons. The van der Waals surface area contributed by atoms with Gasteiger partial charge < -0.3 is 20.2 Å². The minimum Gasteiger partial charge on any atom is -0.493 e. The number of nitrogens with two attached hydrogens (primary N) is 1. The molecule has 1 heterocycles. The maximum atomic E-state index is 13.6. The van der Waals surface area contributed by atoms with Crippen LogP contribution in [0.15, 0.2) is 30.3 Å². The number of fused-ring (bicyclic) bond motifs is 1. The van der Waals surface area contributed by atoms with Crippen LogP contribution in [-0.2, 0) is 12.6 Å². The number of methoxy groups -OCH3 is 2. The zero-order valence-corrected chi connectivity index (χ0v) is 16.9. The van der Waals surface area contributed by atoms with E-state index in [0.717, 1.165) is 18.9 Å². The Hall–Kier alpha value is -2.38. The van der Waals surface area contributed by atoms with Gasteiger partial charge in [0.1, 0.15) is 0 Å². The standard InChI is InChI=1S/C21H22ClF3N2O2/c1-28-16-8-5-7-13(20(16)29-2)18-12(6-3-4-11-26)17-15(22)10-9-14(19(17)27-18)21(23,24)25/h5,7-10,27H,3-4,6,11,26H2,1-2H3. The monoisotopic (exact) mass is 426 g/mol. The summed E-state index contributed by atoms with van der Waals surface area (Å²) in [5.41, 5.74) is 6.66. The molecule has 0 unspecified atom stereocenters. The third-order valence-electron chi connectivity index (χ3n) is 4.87. The molecular weight excluding hydrogens is 405 g/mol. The summed E-state index contributed by atoms with van der Waals surface area (Å²) in [7, 11) is 3.00. The summed E-state index contributed by atoms with van der Waals surface area (Å²) >= 11 is 6.36. The average Bonchev–Trinajstić information content (AvgIpc) is 3.06. The number of halogens is 4. The Morgan fingerprint density at radius 2 is 1.83 bits per heavy atom. The molecule has 0 aliphatic carbocycles. The first kappa shape index (κ1) is 21.3. The first-order chi connectivity index (χ1) is 13.8. The van der Waals surface area contributed by atoms with Gasteiger partial charge in [-0.25, -0.2) is 0 Å². The van der Waals surface area contributed by atoms with Crippen molar-refractivity contribution >= 4 is 22.5 Å². The highest BCUT2D eigenvalue weighted by Gasteiger charge is 2.35. The van der Waals surface area contributed by atoms with Gasteiger partial charge in [0.15, 0.2) is 11.5 Å². The first-order valence-corrected chi connectivity index (χ1v) is 9.53. The van der Waals surface area contributed by atoms with Crippen LogP contribution in [0.2, 0.25) is 5.02 Å². The van der Waals surface area contributed by atoms with Gasteiger partial charge in [-0.15, -0.1) is 0 Å². The van der Waals surface area contributed by atoms with Gasteiger partial charge in [-0.3, -0.25) is 0 Å². The number of hydrogen-bond acceptors (Lipinski definition) is 3. The van der Waals surface area contributed by atoms with E-state index >= 15 is 0 Å². The first-order valence-electron chi connectivity index (χ1n) is 9.15. The number of aromatic nitrogens is 1. The summed E-state index contributed by atoms with van der Waals surface area (Å²) in [4.78, 5) is 2.98. The molecule has 3 N–H and O–H groups in total. The molecule has 0 spiro atoms. The Morgan fingerprint density at radius 3 is 2.45 bits per heavy atom. The molecule has 0 aliphatic rings. The van der Waals surface area contributed by atoms with Crippen LogP contribution >= 0.6 is 11.6 Å². The number of para-hydroxylation sites is 1. The van der Waals surface area contributed by atoms with E-state index in [2.05, 4.69) is 4.98 Å². The number of aromatic amines is 1. The molecular formula is C21H22ClF3N2O2. The summed E-state index contributed by atoms with van der Waals surface area (Å²) in [6.45, 7) is 0.502. The smallest absolute Gasteiger partial charge is 0.418 e. The molecule has 8 heteroatoms. The predicted molar refractivity (Wildman–Crippen MR) is 109 cm³/mol. The van der Waals surface area contributed by atoms with Crippen LogP contribution in [0.3, 0.4) is 0 Å². The number of ether oxygens (including phenoxy) is 2. The topological polar surface area (TPSA) is 60.3 Å². The van der Waals surface area contributed by atoms with Crippen molar-refractivity contribution < 1.29 is 22.6 Å². The van der Waals surface area contributed by atoms with Crippen molar-refractivity contribution in [3.63, 3.8) is 0 Å². The van der Waals surface area contributed by atoms with Crippen molar-refractivity contribution in [2.45, 2.75) is 25.4 Å². The average molecular weight is 427 g/mol. The number of unbranched alkanes of at least 4 members (excludes halogenated alkanes) is 1. The van der Waals surface area contributed by atoms with Crippen molar-refractivity contribution in [2.24, 2.45) is 5.73 Å². The molecule has 0 saturated carbocycles. The Balaban J connectivity index is 2.35. The minimum atomic E-state index is -4.52. The van der Waals surface area contributed by atoms with E-state index < -0.39 is 11.7 Å². The maximum Gasteiger partial charge on any atom is 0.418 e. The third-order valence-corrected chi connectivity index (χ3v) is 5.18. The molecule has 0 fully saturated rings. The second-order valence-corrected chi connectivity index (χ2v) is 7.02. The zero-order valence-electron chi connectivity index (χ0n) is 16.1. The number of aryl methyl sites for hydroxylation is 1. The lowest BCUT2D eigenvalue weighted by molar-refractivity contribution is -0.136. The Labute approximate surface area is 171 Å². The fourth-order valence-corrected chi connectivity index (χ4v) is 3.85. The van der Waals surface area contributed by atoms with Crippen LogP contribution in [0.5, 0.6) is 11.5 Å². The van der Waals surface area contributed by atoms with Gasteiger partial charge in [0.05, 0.1) is 36.0 Å². The van der Waals surface area contributed by atoms with Gasteiger partial charge >= 0.3 is 6.18 Å². The van der Waals surface area contributed by atoms with Crippen molar-refractivity contribution in [1.29, 1.82) is 0 Å². The molecule has 0 atom stereocenters. The van der Waals surface area contributed by atoms with E-state index in [1.54, 1.807) is 18.2 Å². The minimum absolute atomic E-state index is 0.0346. The van der Waals surface area contributed by atoms with Crippen LogP contribution < -0.4 is 15.2 Å². The number of benzene rings is 2. The van der Waals surface area contributed by atoms with E-state index in [9.17, 15) is 13.2 Å². The zero-order chi connectivity index (χ0) is 21.2. The number of H-pyrrole nitrogens is 1. The van der Waals surface area contributed by atoms with Crippen LogP contribution in [0.25, 0.3) is 22.2 Å². The molecule has 2 aromatic carbocycles. The van der Waals surface area contributed by atoms with Crippen LogP contribution in [0, 0.1) is 0 Å². The maximum absolute atomic E-state index is 13.6. The molecule has 0 aliphatic heterocycles. The van der Waals surface area contributed by atoms with Crippen molar-refractivity contribution in [3.8, 4) is 22.8 Å². The predicted octanol–water partition coefficient (Wildman–Crippen LogP) is 5.81. The van der Waals surface area contributed by atoms with Gasteiger partial charge in [-0.1, -0.05) is 17.7 Å². The second kappa shape index (κ2) is 8.55. The van der Waals surface area contributed by atoms with Gasteiger partial charge in [0.25, 0.3) is 0 Å². The van der Waals surface area contributed by atoms with E-state index in [4.69, 9.17) is 26.8 Å². The van der Waals surface area contributed by atoms with Gasteiger partial charge in [-0.05, 0) is 55.6 Å². The lowest BCUT2D eigenvalue weighted by Crippen LogP contribution is -2.05. The summed E-state index contributed by atoms with van der Waals surface area (Å²) in [5.74, 6) is 0.921. The summed E-state index contributed by atoms with van der Waals surface area (Å²) in [5, 5.41) is 0.637. The van der Waals surface area contributed by atoms with Crippen LogP contribution in [0.1, 0.15) is 24.0 Å². The van der Waals surface area contributed by atoms with Gasteiger partial charge in [-0.2, -0.15) is 13.2 Å². The lowest BCUT2D eigenvalue weighted by Gasteiger charge is -2.13. The Morgan fingerprint density at radius 1 is 1.07 bits per heavy atom. The number of rotatable bonds is 7. The molecule has 0 saturated heterocycles. The van der Waals surface area contributed by atoms with Crippen molar-refractivity contribution in [1.82, 2.24) is 4.98 Å². The Kier molecular flexibility index (Phi) is 6.29. The van der Waals surface area contributed by atoms with E-state index in [0.29, 0.717) is 46.7 Å². The van der Waals surface area contributed by atoms with Crippen molar-refractivity contribution in [3.05, 3.63) is 46.5 Å². The second-order valence-electron chi connectivity index (χ2n) is 6.61. The molecule has 0 amide bonds.